The third kappa shape index (κ3) is 4.55. The van der Waals surface area contributed by atoms with Crippen molar-refractivity contribution in [3.63, 3.8) is 0 Å². The number of rotatable bonds is 4. The summed E-state index contributed by atoms with van der Waals surface area (Å²) in [5.41, 5.74) is 6.94. The van der Waals surface area contributed by atoms with Gasteiger partial charge < -0.3 is 4.42 Å². The molecule has 0 aliphatic heterocycles. The van der Waals surface area contributed by atoms with E-state index in [4.69, 9.17) is 12.6 Å². The van der Waals surface area contributed by atoms with Crippen molar-refractivity contribution in [1.29, 1.82) is 0 Å². The predicted octanol–water partition coefficient (Wildman–Crippen LogP) is 13.7. The average molecular weight is 632 g/mol. The van der Waals surface area contributed by atoms with Crippen LogP contribution in [0.15, 0.2) is 186 Å². The Bertz CT molecular complexity index is 3300. The van der Waals surface area contributed by atoms with Crippen molar-refractivity contribution in [1.82, 2.24) is 0 Å². The van der Waals surface area contributed by atoms with E-state index in [9.17, 15) is 4.11 Å². The number of furan rings is 1. The molecular weight excluding hydrogens is 593 g/mol. The van der Waals surface area contributed by atoms with Crippen LogP contribution in [0.3, 0.4) is 0 Å². The molecule has 0 unspecified atom stereocenters. The van der Waals surface area contributed by atoms with Gasteiger partial charge in [-0.15, -0.1) is 0 Å². The van der Waals surface area contributed by atoms with Gasteiger partial charge in [-0.3, -0.25) is 0 Å². The summed E-state index contributed by atoms with van der Waals surface area (Å²) in [5.74, 6) is 0. The van der Waals surface area contributed by atoms with E-state index in [0.29, 0.717) is 5.56 Å². The third-order valence-electron chi connectivity index (χ3n) is 9.32. The smallest absolute Gasteiger partial charge is 0.136 e. The van der Waals surface area contributed by atoms with Crippen molar-refractivity contribution in [3.8, 4) is 44.5 Å². The van der Waals surface area contributed by atoms with Crippen molar-refractivity contribution in [2.45, 2.75) is 0 Å². The zero-order valence-corrected chi connectivity index (χ0v) is 26.0. The van der Waals surface area contributed by atoms with Gasteiger partial charge in [0.15, 0.2) is 0 Å². The van der Waals surface area contributed by atoms with Gasteiger partial charge in [0.2, 0.25) is 0 Å². The van der Waals surface area contributed by atoms with Gasteiger partial charge in [-0.2, -0.15) is 0 Å². The molecule has 0 saturated heterocycles. The van der Waals surface area contributed by atoms with Gasteiger partial charge in [0.1, 0.15) is 11.2 Å². The van der Waals surface area contributed by atoms with Gasteiger partial charge in [-0.25, -0.2) is 0 Å². The lowest BCUT2D eigenvalue weighted by atomic mass is 9.85. The van der Waals surface area contributed by atoms with E-state index < -0.39 is 24.2 Å². The lowest BCUT2D eigenvalue weighted by Gasteiger charge is -2.18. The lowest BCUT2D eigenvalue weighted by Crippen LogP contribution is -1.91. The average Bonchev–Trinajstić information content (AvgIpc) is 3.68. The molecule has 0 spiro atoms. The maximum atomic E-state index is 9.60. The molecule has 10 aromatic rings. The van der Waals surface area contributed by atoms with Gasteiger partial charge >= 0.3 is 0 Å². The lowest BCUT2D eigenvalue weighted by molar-refractivity contribution is 0.669. The second-order valence-corrected chi connectivity index (χ2v) is 12.1. The number of hydrogen-bond acceptors (Lipinski definition) is 1. The largest absolute Gasteiger partial charge is 0.456 e. The summed E-state index contributed by atoms with van der Waals surface area (Å²) in [6.07, 6.45) is 0. The van der Waals surface area contributed by atoms with Crippen molar-refractivity contribution in [2.24, 2.45) is 0 Å². The van der Waals surface area contributed by atoms with E-state index in [1.165, 1.54) is 0 Å². The van der Waals surface area contributed by atoms with Crippen LogP contribution >= 0.6 is 0 Å². The van der Waals surface area contributed by atoms with Crippen LogP contribution in [0.5, 0.6) is 0 Å². The molecule has 0 bridgehead atoms. The molecule has 0 radical (unpaired) electrons. The zero-order chi connectivity index (χ0) is 40.1. The Morgan fingerprint density at radius 1 is 0.327 bits per heavy atom. The summed E-state index contributed by atoms with van der Waals surface area (Å²) in [5, 5.41) is 2.93. The maximum Gasteiger partial charge on any atom is 0.136 e. The standard InChI is InChI=1S/C48H30O/c1-2-10-31(11-3-1)32-18-20-33(21-19-32)34-22-24-35(25-23-34)47-40-14-6-8-16-42(40)48(43-17-9-7-15-41(43)47)38-26-27-39-44-28-36-12-4-5-13-37(36)29-46(44)49-45(39)30-38/h1-30H/i4D,5D,12D,13D,26D,27D,28D,29D,30D. The van der Waals surface area contributed by atoms with Crippen LogP contribution in [0.25, 0.3) is 98.8 Å². The van der Waals surface area contributed by atoms with E-state index in [2.05, 4.69) is 60.7 Å². The molecule has 0 fully saturated rings. The molecule has 49 heavy (non-hydrogen) atoms. The molecular formula is C48H30O. The quantitative estimate of drug-likeness (QED) is 0.176. The minimum absolute atomic E-state index is 0.0124. The Morgan fingerprint density at radius 3 is 1.35 bits per heavy atom. The van der Waals surface area contributed by atoms with Crippen molar-refractivity contribution in [3.05, 3.63) is 182 Å². The first-order valence-electron chi connectivity index (χ1n) is 20.6. The second kappa shape index (κ2) is 11.1. The fourth-order valence-corrected chi connectivity index (χ4v) is 7.00. The monoisotopic (exact) mass is 631 g/mol. The minimum atomic E-state index is -0.541. The Labute approximate surface area is 297 Å². The second-order valence-electron chi connectivity index (χ2n) is 12.1. The topological polar surface area (TPSA) is 13.1 Å². The number of fused-ring (bicyclic) bond motifs is 6. The molecule has 10 rings (SSSR count). The van der Waals surface area contributed by atoms with Crippen LogP contribution in [-0.4, -0.2) is 0 Å². The van der Waals surface area contributed by atoms with Crippen LogP contribution < -0.4 is 0 Å². The summed E-state index contributed by atoms with van der Waals surface area (Å²) in [6.45, 7) is 0. The molecule has 9 aromatic carbocycles. The van der Waals surface area contributed by atoms with Gasteiger partial charge in [0, 0.05) is 10.8 Å². The van der Waals surface area contributed by atoms with E-state index >= 15 is 0 Å². The highest BCUT2D eigenvalue weighted by atomic mass is 16.3. The summed E-state index contributed by atoms with van der Waals surface area (Å²) >= 11 is 0. The fourth-order valence-electron chi connectivity index (χ4n) is 7.00. The predicted molar refractivity (Wildman–Crippen MR) is 208 cm³/mol. The Hall–Kier alpha value is -6.44. The van der Waals surface area contributed by atoms with E-state index in [0.717, 1.165) is 54.9 Å². The van der Waals surface area contributed by atoms with Gasteiger partial charge in [0.05, 0.1) is 12.3 Å². The van der Waals surface area contributed by atoms with E-state index in [1.807, 2.05) is 66.7 Å². The molecule has 1 heteroatoms. The van der Waals surface area contributed by atoms with Crippen molar-refractivity contribution >= 4 is 54.3 Å². The minimum Gasteiger partial charge on any atom is -0.456 e. The Balaban J connectivity index is 1.19. The van der Waals surface area contributed by atoms with Crippen LogP contribution in [-0.2, 0) is 0 Å². The van der Waals surface area contributed by atoms with Crippen molar-refractivity contribution < 1.29 is 16.8 Å². The number of benzene rings is 9. The zero-order valence-electron chi connectivity index (χ0n) is 35.0. The van der Waals surface area contributed by atoms with Crippen LogP contribution in [0, 0.1) is 0 Å². The third-order valence-corrected chi connectivity index (χ3v) is 9.32. The first kappa shape index (κ1) is 20.0. The summed E-state index contributed by atoms with van der Waals surface area (Å²) < 4.78 is 86.2. The number of hydrogen-bond donors (Lipinski definition) is 0. The molecule has 228 valence electrons. The SMILES string of the molecule is [2H]c1c([2H])c([2H])c2c([2H])c3c(oc4c([2H])c(-c5c6ccccc6c(-c6ccc(-c7ccc(-c8ccccc8)cc7)cc6)c6ccccc56)c([2H])c([2H])c43)c([2H])c2c1[2H]. The van der Waals surface area contributed by atoms with Crippen LogP contribution in [0.2, 0.25) is 0 Å². The molecule has 1 aromatic heterocycles. The first-order valence-corrected chi connectivity index (χ1v) is 16.1. The highest BCUT2D eigenvalue weighted by Gasteiger charge is 2.18. The molecule has 0 saturated carbocycles. The summed E-state index contributed by atoms with van der Waals surface area (Å²) in [4.78, 5) is 0. The Kier molecular flexibility index (Phi) is 4.53. The highest BCUT2D eigenvalue weighted by molar-refractivity contribution is 6.22. The molecule has 0 aliphatic carbocycles. The van der Waals surface area contributed by atoms with Gasteiger partial charge in [-0.1, -0.05) is 158 Å². The molecule has 0 atom stereocenters. The first-order chi connectivity index (χ1) is 28.1. The van der Waals surface area contributed by atoms with E-state index in [-0.39, 0.29) is 68.5 Å². The van der Waals surface area contributed by atoms with Crippen LogP contribution in [0.1, 0.15) is 12.3 Å². The highest BCUT2D eigenvalue weighted by Crippen LogP contribution is 2.45. The molecule has 0 N–H and O–H groups in total. The molecule has 0 aliphatic rings. The van der Waals surface area contributed by atoms with Crippen molar-refractivity contribution in [2.75, 3.05) is 0 Å². The van der Waals surface area contributed by atoms with Gasteiger partial charge in [-0.05, 0) is 101 Å². The Morgan fingerprint density at radius 2 is 0.776 bits per heavy atom. The van der Waals surface area contributed by atoms with Crippen LogP contribution in [0.4, 0.5) is 0 Å². The fraction of sp³-hybridized carbons (Fsp3) is 0. The van der Waals surface area contributed by atoms with Gasteiger partial charge in [0.25, 0.3) is 0 Å². The summed E-state index contributed by atoms with van der Waals surface area (Å²) in [7, 11) is 0. The molecule has 0 amide bonds. The summed E-state index contributed by atoms with van der Waals surface area (Å²) in [6, 6.07) is 39.4. The maximum absolute atomic E-state index is 9.60. The molecule has 1 nitrogen and oxygen atoms in total. The van der Waals surface area contributed by atoms with E-state index in [1.54, 1.807) is 0 Å². The normalized spacial score (nSPS) is 14.2. The molecule has 1 heterocycles.